The second-order valence-electron chi connectivity index (χ2n) is 4.16. The lowest BCUT2D eigenvalue weighted by Gasteiger charge is -2.09. The summed E-state index contributed by atoms with van der Waals surface area (Å²) >= 11 is 0. The third kappa shape index (κ3) is 4.95. The van der Waals surface area contributed by atoms with Crippen LogP contribution in [-0.2, 0) is 6.54 Å². The predicted molar refractivity (Wildman–Crippen MR) is 62.8 cm³/mol. The monoisotopic (exact) mass is 210 g/mol. The Hall–Kier alpha value is -0.870. The van der Waals surface area contributed by atoms with Crippen molar-refractivity contribution in [2.24, 2.45) is 0 Å². The first-order valence-corrected chi connectivity index (χ1v) is 5.54. The first-order chi connectivity index (χ1) is 7.20. The van der Waals surface area contributed by atoms with Crippen LogP contribution in [0.3, 0.4) is 0 Å². The Morgan fingerprint density at radius 3 is 2.80 bits per heavy atom. The van der Waals surface area contributed by atoms with E-state index in [0.717, 1.165) is 24.5 Å². The van der Waals surface area contributed by atoms with Gasteiger partial charge >= 0.3 is 0 Å². The molecule has 86 valence electrons. The fraction of sp³-hybridized carbons (Fsp3) is 0.727. The first-order valence-electron chi connectivity index (χ1n) is 5.54. The lowest BCUT2D eigenvalue weighted by molar-refractivity contribution is 0.391. The van der Waals surface area contributed by atoms with Crippen molar-refractivity contribution in [2.75, 3.05) is 27.2 Å². The van der Waals surface area contributed by atoms with E-state index in [9.17, 15) is 0 Å². The van der Waals surface area contributed by atoms with Crippen LogP contribution in [-0.4, -0.2) is 42.1 Å². The molecule has 1 aromatic heterocycles. The summed E-state index contributed by atoms with van der Waals surface area (Å²) in [5.74, 6) is 0. The highest BCUT2D eigenvalue weighted by Crippen LogP contribution is 1.99. The SMILES string of the molecule is Cc1[nH]cnc1CNCCCCN(C)C. The van der Waals surface area contributed by atoms with E-state index in [-0.39, 0.29) is 0 Å². The molecule has 0 atom stereocenters. The quantitative estimate of drug-likeness (QED) is 0.664. The van der Waals surface area contributed by atoms with E-state index in [4.69, 9.17) is 0 Å². The highest BCUT2D eigenvalue weighted by molar-refractivity contribution is 5.07. The van der Waals surface area contributed by atoms with Gasteiger partial charge in [0.2, 0.25) is 0 Å². The Bertz CT molecular complexity index is 267. The van der Waals surface area contributed by atoms with Crippen LogP contribution in [0.25, 0.3) is 0 Å². The molecule has 0 radical (unpaired) electrons. The highest BCUT2D eigenvalue weighted by Gasteiger charge is 1.99. The summed E-state index contributed by atoms with van der Waals surface area (Å²) in [5, 5.41) is 3.40. The summed E-state index contributed by atoms with van der Waals surface area (Å²) in [6.07, 6.45) is 4.22. The number of hydrogen-bond donors (Lipinski definition) is 2. The molecule has 0 saturated carbocycles. The van der Waals surface area contributed by atoms with Crippen molar-refractivity contribution in [3.63, 3.8) is 0 Å². The molecule has 0 amide bonds. The number of hydrogen-bond acceptors (Lipinski definition) is 3. The summed E-state index contributed by atoms with van der Waals surface area (Å²) in [4.78, 5) is 9.53. The molecule has 0 bridgehead atoms. The molecule has 0 fully saturated rings. The molecule has 0 aliphatic heterocycles. The molecule has 4 nitrogen and oxygen atoms in total. The molecular weight excluding hydrogens is 188 g/mol. The van der Waals surface area contributed by atoms with E-state index >= 15 is 0 Å². The van der Waals surface area contributed by atoms with Crippen molar-refractivity contribution < 1.29 is 0 Å². The van der Waals surface area contributed by atoms with Crippen LogP contribution in [0.4, 0.5) is 0 Å². The van der Waals surface area contributed by atoms with Crippen molar-refractivity contribution >= 4 is 0 Å². The average Bonchev–Trinajstić information content (AvgIpc) is 2.57. The number of aryl methyl sites for hydroxylation is 1. The standard InChI is InChI=1S/C11H22N4/c1-10-11(14-9-13-10)8-12-6-4-5-7-15(2)3/h9,12H,4-8H2,1-3H3,(H,13,14). The predicted octanol–water partition coefficient (Wildman–Crippen LogP) is 1.15. The highest BCUT2D eigenvalue weighted by atomic mass is 15.0. The summed E-state index contributed by atoms with van der Waals surface area (Å²) in [6, 6.07) is 0. The van der Waals surface area contributed by atoms with Gasteiger partial charge in [-0.1, -0.05) is 0 Å². The Morgan fingerprint density at radius 2 is 2.20 bits per heavy atom. The molecule has 2 N–H and O–H groups in total. The van der Waals surface area contributed by atoms with Gasteiger partial charge in [0.15, 0.2) is 0 Å². The topological polar surface area (TPSA) is 44.0 Å². The minimum atomic E-state index is 0.872. The molecule has 0 saturated heterocycles. The van der Waals surface area contributed by atoms with Gasteiger partial charge in [0, 0.05) is 12.2 Å². The van der Waals surface area contributed by atoms with Gasteiger partial charge in [0.1, 0.15) is 0 Å². The lowest BCUT2D eigenvalue weighted by atomic mass is 10.3. The zero-order valence-corrected chi connectivity index (χ0v) is 10.0. The van der Waals surface area contributed by atoms with E-state index in [2.05, 4.69) is 41.2 Å². The minimum absolute atomic E-state index is 0.872. The normalized spacial score (nSPS) is 11.2. The molecular formula is C11H22N4. The molecule has 0 aromatic carbocycles. The van der Waals surface area contributed by atoms with Crippen LogP contribution in [0.5, 0.6) is 0 Å². The third-order valence-electron chi connectivity index (χ3n) is 2.44. The van der Waals surface area contributed by atoms with Crippen molar-refractivity contribution in [1.82, 2.24) is 20.2 Å². The molecule has 0 aliphatic rings. The Labute approximate surface area is 92.1 Å². The summed E-state index contributed by atoms with van der Waals surface area (Å²) < 4.78 is 0. The zero-order valence-electron chi connectivity index (χ0n) is 10.0. The van der Waals surface area contributed by atoms with Gasteiger partial charge in [-0.25, -0.2) is 4.98 Å². The van der Waals surface area contributed by atoms with Gasteiger partial charge in [0.05, 0.1) is 12.0 Å². The summed E-state index contributed by atoms with van der Waals surface area (Å²) in [6.45, 7) is 5.16. The molecule has 0 spiro atoms. The van der Waals surface area contributed by atoms with Gasteiger partial charge in [-0.05, 0) is 47.0 Å². The lowest BCUT2D eigenvalue weighted by Crippen LogP contribution is -2.18. The number of nitrogens with one attached hydrogen (secondary N) is 2. The molecule has 15 heavy (non-hydrogen) atoms. The van der Waals surface area contributed by atoms with Crippen LogP contribution in [0, 0.1) is 6.92 Å². The molecule has 1 heterocycles. The summed E-state index contributed by atoms with van der Waals surface area (Å²) in [5.41, 5.74) is 2.29. The second kappa shape index (κ2) is 6.58. The van der Waals surface area contributed by atoms with Crippen molar-refractivity contribution in [3.8, 4) is 0 Å². The third-order valence-corrected chi connectivity index (χ3v) is 2.44. The molecule has 0 unspecified atom stereocenters. The number of nitrogens with zero attached hydrogens (tertiary/aromatic N) is 2. The Balaban J connectivity index is 2.00. The first kappa shape index (κ1) is 12.2. The maximum atomic E-state index is 4.24. The smallest absolute Gasteiger partial charge is 0.0925 e. The van der Waals surface area contributed by atoms with Gasteiger partial charge in [-0.2, -0.15) is 0 Å². The Morgan fingerprint density at radius 1 is 1.40 bits per heavy atom. The number of imidazole rings is 1. The number of H-pyrrole nitrogens is 1. The van der Waals surface area contributed by atoms with Crippen molar-refractivity contribution in [1.29, 1.82) is 0 Å². The van der Waals surface area contributed by atoms with Crippen molar-refractivity contribution in [3.05, 3.63) is 17.7 Å². The van der Waals surface area contributed by atoms with Crippen LogP contribution in [0.1, 0.15) is 24.2 Å². The van der Waals surface area contributed by atoms with Crippen LogP contribution in [0.15, 0.2) is 6.33 Å². The number of rotatable bonds is 7. The van der Waals surface area contributed by atoms with E-state index in [1.165, 1.54) is 19.4 Å². The van der Waals surface area contributed by atoms with E-state index < -0.39 is 0 Å². The van der Waals surface area contributed by atoms with E-state index in [1.54, 1.807) is 6.33 Å². The van der Waals surface area contributed by atoms with Crippen LogP contribution < -0.4 is 5.32 Å². The van der Waals surface area contributed by atoms with E-state index in [0.29, 0.717) is 0 Å². The molecule has 1 aromatic rings. The number of unbranched alkanes of at least 4 members (excludes halogenated alkanes) is 1. The molecule has 4 heteroatoms. The fourth-order valence-corrected chi connectivity index (χ4v) is 1.45. The largest absolute Gasteiger partial charge is 0.348 e. The maximum Gasteiger partial charge on any atom is 0.0925 e. The minimum Gasteiger partial charge on any atom is -0.348 e. The number of aromatic amines is 1. The molecule has 1 rings (SSSR count). The van der Waals surface area contributed by atoms with Crippen LogP contribution in [0.2, 0.25) is 0 Å². The van der Waals surface area contributed by atoms with Gasteiger partial charge in [0.25, 0.3) is 0 Å². The average molecular weight is 210 g/mol. The summed E-state index contributed by atoms with van der Waals surface area (Å²) in [7, 11) is 4.22. The number of aromatic nitrogens is 2. The van der Waals surface area contributed by atoms with Crippen LogP contribution >= 0.6 is 0 Å². The zero-order chi connectivity index (χ0) is 11.1. The van der Waals surface area contributed by atoms with Gasteiger partial charge in [-0.3, -0.25) is 0 Å². The fourth-order valence-electron chi connectivity index (χ4n) is 1.45. The Kier molecular flexibility index (Phi) is 5.36. The van der Waals surface area contributed by atoms with E-state index in [1.807, 2.05) is 0 Å². The van der Waals surface area contributed by atoms with Gasteiger partial charge < -0.3 is 15.2 Å². The second-order valence-corrected chi connectivity index (χ2v) is 4.16. The molecule has 0 aliphatic carbocycles. The maximum absolute atomic E-state index is 4.24. The van der Waals surface area contributed by atoms with Crippen molar-refractivity contribution in [2.45, 2.75) is 26.3 Å². The van der Waals surface area contributed by atoms with Gasteiger partial charge in [-0.15, -0.1) is 0 Å².